The minimum absolute atomic E-state index is 0.0393. The Morgan fingerprint density at radius 2 is 2.46 bits per heavy atom. The predicted molar refractivity (Wildman–Crippen MR) is 42.6 cm³/mol. The topological polar surface area (TPSA) is 83.0 Å². The third kappa shape index (κ3) is 2.45. The molecule has 1 aromatic rings. The van der Waals surface area contributed by atoms with Crippen LogP contribution in [0.2, 0.25) is 0 Å². The maximum absolute atomic E-state index is 10.5. The highest BCUT2D eigenvalue weighted by atomic mass is 16.4. The van der Waals surface area contributed by atoms with Crippen LogP contribution in [0.25, 0.3) is 0 Å². The molecule has 0 saturated carbocycles. The van der Waals surface area contributed by atoms with Crippen LogP contribution in [0, 0.1) is 0 Å². The lowest BCUT2D eigenvalue weighted by atomic mass is 10.2. The van der Waals surface area contributed by atoms with E-state index in [4.69, 9.17) is 5.11 Å². The number of H-pyrrole nitrogens is 1. The van der Waals surface area contributed by atoms with Crippen LogP contribution >= 0.6 is 0 Å². The number of carbonyl (C=O) groups is 1. The van der Waals surface area contributed by atoms with E-state index in [1.807, 2.05) is 5.73 Å². The summed E-state index contributed by atoms with van der Waals surface area (Å²) in [6.07, 6.45) is 3.11. The van der Waals surface area contributed by atoms with Gasteiger partial charge < -0.3 is 10.1 Å². The van der Waals surface area contributed by atoms with Crippen LogP contribution in [0.1, 0.15) is 5.82 Å². The van der Waals surface area contributed by atoms with Gasteiger partial charge in [0.1, 0.15) is 5.82 Å². The van der Waals surface area contributed by atoms with Crippen molar-refractivity contribution < 1.29 is 14.7 Å². The maximum atomic E-state index is 10.5. The fourth-order valence-electron chi connectivity index (χ4n) is 0.797. The van der Waals surface area contributed by atoms with Crippen LogP contribution in [0.5, 0.6) is 0 Å². The summed E-state index contributed by atoms with van der Waals surface area (Å²) >= 11 is 0. The van der Waals surface area contributed by atoms with Crippen molar-refractivity contribution in [2.24, 2.45) is 0 Å². The van der Waals surface area contributed by atoms with Gasteiger partial charge in [-0.1, -0.05) is 0 Å². The molecule has 66 valence electrons. The van der Waals surface area contributed by atoms with Gasteiger partial charge in [-0.05, 0) is 5.73 Å². The first kappa shape index (κ1) is 9.00. The van der Waals surface area contributed by atoms with Crippen molar-refractivity contribution in [3.63, 3.8) is 0 Å². The summed E-state index contributed by atoms with van der Waals surface area (Å²) in [5.74, 6) is 0.580. The Kier molecular flexibility index (Phi) is 2.82. The molecule has 2 N–H and O–H groups in total. The van der Waals surface area contributed by atoms with Gasteiger partial charge in [0.05, 0.1) is 5.57 Å². The number of carboxylic acids is 1. The highest BCUT2D eigenvalue weighted by Gasteiger charge is 2.08. The van der Waals surface area contributed by atoms with E-state index in [1.54, 1.807) is 6.20 Å². The monoisotopic (exact) mass is 178 g/mol. The molecule has 0 atom stereocenters. The van der Waals surface area contributed by atoms with E-state index >= 15 is 0 Å². The van der Waals surface area contributed by atoms with Crippen molar-refractivity contribution in [1.82, 2.24) is 9.97 Å². The van der Waals surface area contributed by atoms with Crippen molar-refractivity contribution in [2.75, 3.05) is 0 Å². The lowest BCUT2D eigenvalue weighted by molar-refractivity contribution is -0.132. The number of imidazole rings is 1. The second-order valence-electron chi connectivity index (χ2n) is 2.22. The van der Waals surface area contributed by atoms with Gasteiger partial charge in [-0.15, -0.1) is 0 Å². The third-order valence-electron chi connectivity index (χ3n) is 1.36. The number of nitrogens with zero attached hydrogens (tertiary/aromatic N) is 1. The number of aliphatic carboxylic acids is 1. The Morgan fingerprint density at radius 3 is 2.92 bits per heavy atom. The molecule has 1 heterocycles. The molecule has 0 unspecified atom stereocenters. The Morgan fingerprint density at radius 1 is 1.69 bits per heavy atom. The summed E-state index contributed by atoms with van der Waals surface area (Å²) in [5, 5.41) is 8.58. The quantitative estimate of drug-likeness (QED) is 0.386. The Hall–Kier alpha value is -2.09. The smallest absolute Gasteiger partial charge is 0.340 e. The zero-order chi connectivity index (χ0) is 9.68. The van der Waals surface area contributed by atoms with Crippen molar-refractivity contribution in [1.29, 1.82) is 0 Å². The summed E-state index contributed by atoms with van der Waals surface area (Å²) < 4.78 is 0. The highest BCUT2D eigenvalue weighted by Crippen LogP contribution is 2.00. The maximum Gasteiger partial charge on any atom is 0.340 e. The summed E-state index contributed by atoms with van der Waals surface area (Å²) in [4.78, 5) is 26.9. The average Bonchev–Trinajstić information content (AvgIpc) is 2.56. The minimum atomic E-state index is -1.19. The Balaban J connectivity index is 2.88. The zero-order valence-corrected chi connectivity index (χ0v) is 6.57. The van der Waals surface area contributed by atoms with Gasteiger partial charge in [0, 0.05) is 18.8 Å². The van der Waals surface area contributed by atoms with Crippen molar-refractivity contribution in [2.45, 2.75) is 6.42 Å². The molecule has 0 aliphatic heterocycles. The second kappa shape index (κ2) is 4.07. The second-order valence-corrected chi connectivity index (χ2v) is 2.22. The van der Waals surface area contributed by atoms with E-state index in [0.717, 1.165) is 0 Å². The average molecular weight is 178 g/mol. The van der Waals surface area contributed by atoms with Gasteiger partial charge in [-0.2, -0.15) is 0 Å². The first-order valence-corrected chi connectivity index (χ1v) is 3.44. The number of hydrogen-bond acceptors (Lipinski definition) is 3. The molecule has 0 radical (unpaired) electrons. The largest absolute Gasteiger partial charge is 0.477 e. The predicted octanol–water partition coefficient (Wildman–Crippen LogP) is -0.0501. The summed E-state index contributed by atoms with van der Waals surface area (Å²) in [5.41, 5.74) is 1.81. The summed E-state index contributed by atoms with van der Waals surface area (Å²) in [7, 11) is 0. The molecule has 0 amide bonds. The van der Waals surface area contributed by atoms with Gasteiger partial charge in [0.2, 0.25) is 0 Å². The molecule has 1 rings (SSSR count). The van der Waals surface area contributed by atoms with Crippen molar-refractivity contribution >= 4 is 11.9 Å². The van der Waals surface area contributed by atoms with Crippen LogP contribution in [0.3, 0.4) is 0 Å². The number of aromatic nitrogens is 2. The van der Waals surface area contributed by atoms with E-state index in [2.05, 4.69) is 9.97 Å². The molecule has 13 heavy (non-hydrogen) atoms. The molecule has 1 aromatic heterocycles. The molecular formula is C8H6N2O3. The lowest BCUT2D eigenvalue weighted by Gasteiger charge is -1.93. The van der Waals surface area contributed by atoms with Crippen molar-refractivity contribution in [3.8, 4) is 0 Å². The zero-order valence-electron chi connectivity index (χ0n) is 6.57. The molecule has 0 saturated heterocycles. The lowest BCUT2D eigenvalue weighted by Crippen LogP contribution is -2.03. The summed E-state index contributed by atoms with van der Waals surface area (Å²) in [6.45, 7) is 0. The molecular weight excluding hydrogens is 172 g/mol. The number of nitrogens with one attached hydrogen (secondary N) is 1. The number of rotatable bonds is 3. The van der Waals surface area contributed by atoms with Crippen LogP contribution in [0.15, 0.2) is 23.7 Å². The Labute approximate surface area is 73.4 Å². The fraction of sp³-hybridized carbons (Fsp3) is 0.125. The standard InChI is InChI=1S/C8H6N2O3/c11-4-1-6(8(12)13)5-7-9-2-3-10-7/h2-3H,5H2,(H,9,10)(H,12,13). The molecule has 0 spiro atoms. The van der Waals surface area contributed by atoms with E-state index in [0.29, 0.717) is 5.82 Å². The van der Waals surface area contributed by atoms with Gasteiger partial charge >= 0.3 is 5.97 Å². The van der Waals surface area contributed by atoms with Gasteiger partial charge in [0.15, 0.2) is 5.94 Å². The molecule has 0 aliphatic rings. The Bertz CT molecular complexity index is 382. The molecule has 0 bridgehead atoms. The molecule has 0 fully saturated rings. The first-order valence-electron chi connectivity index (χ1n) is 3.44. The number of carboxylic acid groups (broad SMARTS) is 1. The minimum Gasteiger partial charge on any atom is -0.477 e. The van der Waals surface area contributed by atoms with Gasteiger partial charge in [-0.3, -0.25) is 0 Å². The normalized spacial score (nSPS) is 8.62. The third-order valence-corrected chi connectivity index (χ3v) is 1.36. The molecule has 5 heteroatoms. The van der Waals surface area contributed by atoms with Crippen molar-refractivity contribution in [3.05, 3.63) is 29.5 Å². The van der Waals surface area contributed by atoms with E-state index in [1.165, 1.54) is 12.1 Å². The molecule has 5 nitrogen and oxygen atoms in total. The van der Waals surface area contributed by atoms with Gasteiger partial charge in [0.25, 0.3) is 0 Å². The molecule has 0 aromatic carbocycles. The van der Waals surface area contributed by atoms with Crippen LogP contribution in [-0.4, -0.2) is 27.0 Å². The number of carbonyl (C=O) groups excluding carboxylic acids is 1. The number of hydrogen-bond donors (Lipinski definition) is 2. The van der Waals surface area contributed by atoms with E-state index in [9.17, 15) is 9.59 Å². The van der Waals surface area contributed by atoms with Crippen LogP contribution in [-0.2, 0) is 16.0 Å². The summed E-state index contributed by atoms with van der Waals surface area (Å²) in [6, 6.07) is 0. The first-order chi connectivity index (χ1) is 6.24. The molecule has 0 aliphatic carbocycles. The fourth-order valence-corrected chi connectivity index (χ4v) is 0.797. The van der Waals surface area contributed by atoms with E-state index in [-0.39, 0.29) is 12.0 Å². The SMILES string of the molecule is O=C=C=C(Cc1ncc[nH]1)C(=O)O. The van der Waals surface area contributed by atoms with Gasteiger partial charge in [-0.25, -0.2) is 14.6 Å². The van der Waals surface area contributed by atoms with Crippen LogP contribution in [0.4, 0.5) is 0 Å². The number of aromatic amines is 1. The van der Waals surface area contributed by atoms with E-state index < -0.39 is 5.97 Å². The highest BCUT2D eigenvalue weighted by molar-refractivity contribution is 5.87. The van der Waals surface area contributed by atoms with Crippen LogP contribution < -0.4 is 0 Å².